The highest BCUT2D eigenvalue weighted by atomic mass is 16.6. The molecule has 0 aliphatic carbocycles. The third-order valence-electron chi connectivity index (χ3n) is 3.47. The molecule has 1 atom stereocenters. The van der Waals surface area contributed by atoms with Gasteiger partial charge in [-0.3, -0.25) is 10.1 Å². The van der Waals surface area contributed by atoms with Gasteiger partial charge >= 0.3 is 0 Å². The standard InChI is InChI=1S/C14H23N3O2/c1-10(2)13(15)7-8-16(4)14-9-12(17(18)19)6-5-11(14)3/h5-6,9-10,13H,7-8,15H2,1-4H3. The Morgan fingerprint density at radius 3 is 2.58 bits per heavy atom. The molecule has 0 amide bonds. The molecule has 106 valence electrons. The number of non-ortho nitro benzene ring substituents is 1. The Balaban J connectivity index is 2.78. The third-order valence-corrected chi connectivity index (χ3v) is 3.47. The van der Waals surface area contributed by atoms with E-state index >= 15 is 0 Å². The number of hydrogen-bond acceptors (Lipinski definition) is 4. The van der Waals surface area contributed by atoms with Crippen molar-refractivity contribution in [2.75, 3.05) is 18.5 Å². The molecule has 1 rings (SSSR count). The number of nitrogens with two attached hydrogens (primary N) is 1. The first-order chi connectivity index (χ1) is 8.82. The molecule has 5 heteroatoms. The molecule has 0 fully saturated rings. The molecule has 2 N–H and O–H groups in total. The lowest BCUT2D eigenvalue weighted by Gasteiger charge is -2.24. The van der Waals surface area contributed by atoms with Gasteiger partial charge in [0.2, 0.25) is 0 Å². The van der Waals surface area contributed by atoms with Gasteiger partial charge in [0.25, 0.3) is 5.69 Å². The Morgan fingerprint density at radius 2 is 2.05 bits per heavy atom. The molecule has 1 unspecified atom stereocenters. The normalized spacial score (nSPS) is 12.5. The smallest absolute Gasteiger partial charge is 0.271 e. The van der Waals surface area contributed by atoms with Crippen molar-refractivity contribution in [2.24, 2.45) is 11.7 Å². The van der Waals surface area contributed by atoms with Crippen LogP contribution in [0.25, 0.3) is 0 Å². The zero-order valence-electron chi connectivity index (χ0n) is 12.1. The van der Waals surface area contributed by atoms with E-state index in [2.05, 4.69) is 13.8 Å². The van der Waals surface area contributed by atoms with Gasteiger partial charge in [0.1, 0.15) is 0 Å². The Kier molecular flexibility index (Phi) is 5.30. The number of benzene rings is 1. The van der Waals surface area contributed by atoms with E-state index in [-0.39, 0.29) is 16.7 Å². The number of hydrogen-bond donors (Lipinski definition) is 1. The van der Waals surface area contributed by atoms with Crippen LogP contribution in [0, 0.1) is 23.0 Å². The summed E-state index contributed by atoms with van der Waals surface area (Å²) >= 11 is 0. The molecule has 0 aliphatic rings. The number of nitro benzene ring substituents is 1. The number of rotatable bonds is 6. The van der Waals surface area contributed by atoms with Crippen molar-refractivity contribution in [3.63, 3.8) is 0 Å². The van der Waals surface area contributed by atoms with Gasteiger partial charge in [0, 0.05) is 37.5 Å². The third kappa shape index (κ3) is 4.21. The molecule has 1 aromatic carbocycles. The highest BCUT2D eigenvalue weighted by Crippen LogP contribution is 2.25. The number of aryl methyl sites for hydroxylation is 1. The van der Waals surface area contributed by atoms with Crippen LogP contribution in [0.15, 0.2) is 18.2 Å². The lowest BCUT2D eigenvalue weighted by Crippen LogP contribution is -2.32. The molecule has 0 saturated carbocycles. The first-order valence-corrected chi connectivity index (χ1v) is 6.54. The van der Waals surface area contributed by atoms with Crippen molar-refractivity contribution in [1.82, 2.24) is 0 Å². The average molecular weight is 265 g/mol. The lowest BCUT2D eigenvalue weighted by atomic mass is 10.0. The average Bonchev–Trinajstić information content (AvgIpc) is 2.35. The van der Waals surface area contributed by atoms with Crippen molar-refractivity contribution in [1.29, 1.82) is 0 Å². The minimum atomic E-state index is -0.364. The summed E-state index contributed by atoms with van der Waals surface area (Å²) < 4.78 is 0. The van der Waals surface area contributed by atoms with Crippen LogP contribution in [0.2, 0.25) is 0 Å². The molecule has 1 aromatic rings. The van der Waals surface area contributed by atoms with Crippen LogP contribution in [-0.2, 0) is 0 Å². The van der Waals surface area contributed by atoms with Gasteiger partial charge in [-0.05, 0) is 24.8 Å². The molecule has 0 spiro atoms. The van der Waals surface area contributed by atoms with Crippen LogP contribution in [-0.4, -0.2) is 24.6 Å². The molecule has 0 bridgehead atoms. The van der Waals surface area contributed by atoms with Crippen LogP contribution in [0.1, 0.15) is 25.8 Å². The molecule has 0 radical (unpaired) electrons. The quantitative estimate of drug-likeness (QED) is 0.634. The fourth-order valence-electron chi connectivity index (χ4n) is 1.92. The van der Waals surface area contributed by atoms with Gasteiger partial charge in [-0.15, -0.1) is 0 Å². The van der Waals surface area contributed by atoms with Gasteiger partial charge in [-0.1, -0.05) is 19.9 Å². The van der Waals surface area contributed by atoms with Gasteiger partial charge in [0.05, 0.1) is 4.92 Å². The molecular formula is C14H23N3O2. The molecule has 5 nitrogen and oxygen atoms in total. The predicted molar refractivity (Wildman–Crippen MR) is 78.5 cm³/mol. The fraction of sp³-hybridized carbons (Fsp3) is 0.571. The van der Waals surface area contributed by atoms with Gasteiger partial charge in [-0.25, -0.2) is 0 Å². The summed E-state index contributed by atoms with van der Waals surface area (Å²) in [4.78, 5) is 12.5. The van der Waals surface area contributed by atoms with E-state index in [1.165, 1.54) is 6.07 Å². The predicted octanol–water partition coefficient (Wildman–Crippen LogP) is 2.71. The minimum absolute atomic E-state index is 0.126. The summed E-state index contributed by atoms with van der Waals surface area (Å²) in [5.74, 6) is 0.444. The molecular weight excluding hydrogens is 242 g/mol. The highest BCUT2D eigenvalue weighted by molar-refractivity contribution is 5.58. The van der Waals surface area contributed by atoms with E-state index < -0.39 is 0 Å². The van der Waals surface area contributed by atoms with Crippen molar-refractivity contribution < 1.29 is 4.92 Å². The van der Waals surface area contributed by atoms with Crippen molar-refractivity contribution >= 4 is 11.4 Å². The molecule has 0 aromatic heterocycles. The lowest BCUT2D eigenvalue weighted by molar-refractivity contribution is -0.384. The van der Waals surface area contributed by atoms with Gasteiger partial charge < -0.3 is 10.6 Å². The maximum Gasteiger partial charge on any atom is 0.271 e. The van der Waals surface area contributed by atoms with Gasteiger partial charge in [0.15, 0.2) is 0 Å². The topological polar surface area (TPSA) is 72.4 Å². The SMILES string of the molecule is Cc1ccc([N+](=O)[O-])cc1N(C)CCC(N)C(C)C. The monoisotopic (exact) mass is 265 g/mol. The number of anilines is 1. The van der Waals surface area contributed by atoms with E-state index in [4.69, 9.17) is 5.73 Å². The minimum Gasteiger partial charge on any atom is -0.374 e. The molecule has 0 saturated heterocycles. The summed E-state index contributed by atoms with van der Waals surface area (Å²) in [6, 6.07) is 5.09. The summed E-state index contributed by atoms with van der Waals surface area (Å²) in [5, 5.41) is 10.8. The molecule has 0 aliphatic heterocycles. The zero-order chi connectivity index (χ0) is 14.6. The second-order valence-corrected chi connectivity index (χ2v) is 5.35. The fourth-order valence-corrected chi connectivity index (χ4v) is 1.92. The Labute approximate surface area is 114 Å². The molecule has 0 heterocycles. The van der Waals surface area contributed by atoms with E-state index in [0.29, 0.717) is 5.92 Å². The Morgan fingerprint density at radius 1 is 1.42 bits per heavy atom. The van der Waals surface area contributed by atoms with E-state index in [1.807, 2.05) is 18.9 Å². The second kappa shape index (κ2) is 6.52. The summed E-state index contributed by atoms with van der Waals surface area (Å²) in [6.45, 7) is 6.95. The van der Waals surface area contributed by atoms with Crippen LogP contribution in [0.4, 0.5) is 11.4 Å². The first-order valence-electron chi connectivity index (χ1n) is 6.54. The number of nitrogens with zero attached hydrogens (tertiary/aromatic N) is 2. The Bertz CT molecular complexity index is 446. The highest BCUT2D eigenvalue weighted by Gasteiger charge is 2.13. The van der Waals surface area contributed by atoms with Crippen molar-refractivity contribution in [2.45, 2.75) is 33.2 Å². The first kappa shape index (κ1) is 15.4. The molecule has 19 heavy (non-hydrogen) atoms. The summed E-state index contributed by atoms with van der Waals surface area (Å²) in [6.07, 6.45) is 0.871. The van der Waals surface area contributed by atoms with Crippen LogP contribution < -0.4 is 10.6 Å². The van der Waals surface area contributed by atoms with E-state index in [9.17, 15) is 10.1 Å². The van der Waals surface area contributed by atoms with Crippen molar-refractivity contribution in [3.05, 3.63) is 33.9 Å². The van der Waals surface area contributed by atoms with Crippen LogP contribution >= 0.6 is 0 Å². The van der Waals surface area contributed by atoms with Crippen LogP contribution in [0.5, 0.6) is 0 Å². The maximum atomic E-state index is 10.8. The van der Waals surface area contributed by atoms with Crippen LogP contribution in [0.3, 0.4) is 0 Å². The maximum absolute atomic E-state index is 10.8. The second-order valence-electron chi connectivity index (χ2n) is 5.35. The summed E-state index contributed by atoms with van der Waals surface area (Å²) in [7, 11) is 1.94. The largest absolute Gasteiger partial charge is 0.374 e. The number of nitro groups is 1. The van der Waals surface area contributed by atoms with E-state index in [0.717, 1.165) is 24.2 Å². The van der Waals surface area contributed by atoms with E-state index in [1.54, 1.807) is 12.1 Å². The van der Waals surface area contributed by atoms with Gasteiger partial charge in [-0.2, -0.15) is 0 Å². The van der Waals surface area contributed by atoms with Crippen molar-refractivity contribution in [3.8, 4) is 0 Å². The zero-order valence-corrected chi connectivity index (χ0v) is 12.1. The summed E-state index contributed by atoms with van der Waals surface area (Å²) in [5.41, 5.74) is 8.08. The Hall–Kier alpha value is -1.62.